The fourth-order valence-corrected chi connectivity index (χ4v) is 2.92. The second-order valence-electron chi connectivity index (χ2n) is 5.28. The molecule has 1 heterocycles. The molecule has 0 saturated heterocycles. The third-order valence-electron chi connectivity index (χ3n) is 3.83. The summed E-state index contributed by atoms with van der Waals surface area (Å²) >= 11 is 3.44. The Kier molecular flexibility index (Phi) is 4.39. The molecular weight excluding hydrogens is 340 g/mol. The SMILES string of the molecule is CCC(=O)N1N=C(c2ccc(Br)cc2)CC1c1ccccc1. The highest BCUT2D eigenvalue weighted by molar-refractivity contribution is 9.10. The predicted molar refractivity (Wildman–Crippen MR) is 91.6 cm³/mol. The maximum Gasteiger partial charge on any atom is 0.242 e. The second-order valence-corrected chi connectivity index (χ2v) is 6.19. The molecule has 0 N–H and O–H groups in total. The Hall–Kier alpha value is -1.94. The maximum atomic E-state index is 12.2. The van der Waals surface area contributed by atoms with E-state index in [0.29, 0.717) is 6.42 Å². The lowest BCUT2D eigenvalue weighted by Gasteiger charge is -2.21. The minimum absolute atomic E-state index is 0.00713. The molecular formula is C18H17BrN2O. The van der Waals surface area contributed by atoms with Crippen LogP contribution in [0.2, 0.25) is 0 Å². The normalized spacial score (nSPS) is 17.5. The number of hydrogen-bond acceptors (Lipinski definition) is 2. The molecule has 2 aromatic rings. The number of halogens is 1. The molecule has 0 fully saturated rings. The number of hydrogen-bond donors (Lipinski definition) is 0. The van der Waals surface area contributed by atoms with Gasteiger partial charge in [-0.05, 0) is 23.3 Å². The first-order valence-electron chi connectivity index (χ1n) is 7.39. The summed E-state index contributed by atoms with van der Waals surface area (Å²) in [5, 5.41) is 6.25. The molecule has 112 valence electrons. The molecule has 0 bridgehead atoms. The Morgan fingerprint density at radius 2 is 1.86 bits per heavy atom. The van der Waals surface area contributed by atoms with Crippen LogP contribution < -0.4 is 0 Å². The van der Waals surface area contributed by atoms with Crippen molar-refractivity contribution in [3.63, 3.8) is 0 Å². The standard InChI is InChI=1S/C18H17BrN2O/c1-2-18(22)21-17(14-6-4-3-5-7-14)12-16(20-21)13-8-10-15(19)11-9-13/h3-11,17H,2,12H2,1H3. The van der Waals surface area contributed by atoms with Crippen molar-refractivity contribution in [3.8, 4) is 0 Å². The van der Waals surface area contributed by atoms with Gasteiger partial charge in [-0.2, -0.15) is 5.10 Å². The average Bonchev–Trinajstić information content (AvgIpc) is 3.01. The van der Waals surface area contributed by atoms with Gasteiger partial charge in [-0.1, -0.05) is 65.3 Å². The maximum absolute atomic E-state index is 12.2. The minimum Gasteiger partial charge on any atom is -0.273 e. The van der Waals surface area contributed by atoms with Gasteiger partial charge in [-0.15, -0.1) is 0 Å². The van der Waals surface area contributed by atoms with Crippen LogP contribution in [-0.2, 0) is 4.79 Å². The van der Waals surface area contributed by atoms with Gasteiger partial charge < -0.3 is 0 Å². The van der Waals surface area contributed by atoms with E-state index in [1.807, 2.05) is 49.4 Å². The summed E-state index contributed by atoms with van der Waals surface area (Å²) in [4.78, 5) is 12.2. The first-order chi connectivity index (χ1) is 10.7. The van der Waals surface area contributed by atoms with Crippen molar-refractivity contribution >= 4 is 27.5 Å². The van der Waals surface area contributed by atoms with E-state index in [9.17, 15) is 4.79 Å². The van der Waals surface area contributed by atoms with Gasteiger partial charge in [0.15, 0.2) is 0 Å². The highest BCUT2D eigenvalue weighted by Crippen LogP contribution is 2.33. The van der Waals surface area contributed by atoms with E-state index in [-0.39, 0.29) is 11.9 Å². The van der Waals surface area contributed by atoms with Crippen LogP contribution in [-0.4, -0.2) is 16.6 Å². The molecule has 22 heavy (non-hydrogen) atoms. The van der Waals surface area contributed by atoms with Gasteiger partial charge in [0.25, 0.3) is 0 Å². The molecule has 0 radical (unpaired) electrons. The zero-order valence-electron chi connectivity index (χ0n) is 12.4. The Bertz CT molecular complexity index is 695. The van der Waals surface area contributed by atoms with E-state index >= 15 is 0 Å². The minimum atomic E-state index is -0.00713. The molecule has 0 saturated carbocycles. The number of amides is 1. The summed E-state index contributed by atoms with van der Waals surface area (Å²) in [5.74, 6) is 0.0564. The molecule has 3 rings (SSSR count). The molecule has 4 heteroatoms. The van der Waals surface area contributed by atoms with E-state index in [4.69, 9.17) is 0 Å². The van der Waals surface area contributed by atoms with Crippen molar-refractivity contribution in [2.75, 3.05) is 0 Å². The first-order valence-corrected chi connectivity index (χ1v) is 8.18. The van der Waals surface area contributed by atoms with Crippen molar-refractivity contribution < 1.29 is 4.79 Å². The Balaban J connectivity index is 1.94. The number of rotatable bonds is 3. The molecule has 0 aliphatic carbocycles. The molecule has 1 unspecified atom stereocenters. The monoisotopic (exact) mass is 356 g/mol. The third-order valence-corrected chi connectivity index (χ3v) is 4.36. The quantitative estimate of drug-likeness (QED) is 0.794. The molecule has 1 atom stereocenters. The number of hydrazone groups is 1. The zero-order chi connectivity index (χ0) is 15.5. The Morgan fingerprint density at radius 3 is 2.50 bits per heavy atom. The Labute approximate surface area is 138 Å². The van der Waals surface area contributed by atoms with Crippen LogP contribution >= 0.6 is 15.9 Å². The van der Waals surface area contributed by atoms with Gasteiger partial charge >= 0.3 is 0 Å². The van der Waals surface area contributed by atoms with Crippen LogP contribution in [0.4, 0.5) is 0 Å². The lowest BCUT2D eigenvalue weighted by molar-refractivity contribution is -0.132. The second kappa shape index (κ2) is 6.44. The Morgan fingerprint density at radius 1 is 1.18 bits per heavy atom. The van der Waals surface area contributed by atoms with Crippen molar-refractivity contribution in [3.05, 3.63) is 70.2 Å². The van der Waals surface area contributed by atoms with Crippen molar-refractivity contribution in [2.24, 2.45) is 5.10 Å². The molecule has 1 aliphatic rings. The third kappa shape index (κ3) is 2.97. The van der Waals surface area contributed by atoms with Gasteiger partial charge in [0.2, 0.25) is 5.91 Å². The van der Waals surface area contributed by atoms with Crippen LogP contribution in [0, 0.1) is 0 Å². The summed E-state index contributed by atoms with van der Waals surface area (Å²) < 4.78 is 1.04. The van der Waals surface area contributed by atoms with Crippen LogP contribution in [0.15, 0.2) is 64.2 Å². The van der Waals surface area contributed by atoms with E-state index < -0.39 is 0 Å². The highest BCUT2D eigenvalue weighted by atomic mass is 79.9. The van der Waals surface area contributed by atoms with Gasteiger partial charge in [0.05, 0.1) is 11.8 Å². The van der Waals surface area contributed by atoms with Gasteiger partial charge in [-0.3, -0.25) is 4.79 Å². The largest absolute Gasteiger partial charge is 0.273 e. The van der Waals surface area contributed by atoms with Crippen molar-refractivity contribution in [2.45, 2.75) is 25.8 Å². The average molecular weight is 357 g/mol. The van der Waals surface area contributed by atoms with E-state index in [2.05, 4.69) is 33.2 Å². The van der Waals surface area contributed by atoms with Crippen LogP contribution in [0.5, 0.6) is 0 Å². The molecule has 1 amide bonds. The van der Waals surface area contributed by atoms with Crippen molar-refractivity contribution in [1.29, 1.82) is 0 Å². The topological polar surface area (TPSA) is 32.7 Å². The summed E-state index contributed by atoms with van der Waals surface area (Å²) in [7, 11) is 0. The highest BCUT2D eigenvalue weighted by Gasteiger charge is 2.32. The summed E-state index contributed by atoms with van der Waals surface area (Å²) in [6, 6.07) is 18.2. The predicted octanol–water partition coefficient (Wildman–Crippen LogP) is 4.54. The number of carbonyl (C=O) groups is 1. The van der Waals surface area contributed by atoms with Gasteiger partial charge in [-0.25, -0.2) is 5.01 Å². The lowest BCUT2D eigenvalue weighted by Crippen LogP contribution is -2.26. The fraction of sp³-hybridized carbons (Fsp3) is 0.222. The molecule has 3 nitrogen and oxygen atoms in total. The lowest BCUT2D eigenvalue weighted by atomic mass is 9.98. The van der Waals surface area contributed by atoms with E-state index in [0.717, 1.165) is 27.7 Å². The fourth-order valence-electron chi connectivity index (χ4n) is 2.65. The number of carbonyl (C=O) groups excluding carboxylic acids is 1. The molecule has 0 spiro atoms. The number of benzene rings is 2. The first kappa shape index (κ1) is 15.0. The van der Waals surface area contributed by atoms with Gasteiger partial charge in [0.1, 0.15) is 0 Å². The zero-order valence-corrected chi connectivity index (χ0v) is 14.0. The van der Waals surface area contributed by atoms with Crippen molar-refractivity contribution in [1.82, 2.24) is 5.01 Å². The van der Waals surface area contributed by atoms with Crippen LogP contribution in [0.1, 0.15) is 36.9 Å². The van der Waals surface area contributed by atoms with Crippen LogP contribution in [0.25, 0.3) is 0 Å². The smallest absolute Gasteiger partial charge is 0.242 e. The summed E-state index contributed by atoms with van der Waals surface area (Å²) in [5.41, 5.74) is 3.15. The number of nitrogens with zero attached hydrogens (tertiary/aromatic N) is 2. The molecule has 1 aliphatic heterocycles. The molecule has 2 aromatic carbocycles. The summed E-state index contributed by atoms with van der Waals surface area (Å²) in [6.45, 7) is 1.87. The molecule has 0 aromatic heterocycles. The van der Waals surface area contributed by atoms with E-state index in [1.165, 1.54) is 0 Å². The van der Waals surface area contributed by atoms with E-state index in [1.54, 1.807) is 5.01 Å². The van der Waals surface area contributed by atoms with Crippen LogP contribution in [0.3, 0.4) is 0 Å². The van der Waals surface area contributed by atoms with Gasteiger partial charge in [0, 0.05) is 17.3 Å². The summed E-state index contributed by atoms with van der Waals surface area (Å²) in [6.07, 6.45) is 1.21.